The number of aliphatic hydroxyl groups is 2. The van der Waals surface area contributed by atoms with Crippen LogP contribution in [-0.2, 0) is 14.3 Å². The largest absolute Gasteiger partial charge is 0.461 e. The molecule has 0 aromatic rings. The van der Waals surface area contributed by atoms with Crippen LogP contribution in [0.2, 0.25) is 0 Å². The number of carbonyl (C=O) groups excluding carboxylic acids is 2. The molecule has 0 rings (SSSR count). The second-order valence-electron chi connectivity index (χ2n) is 16.6. The highest BCUT2D eigenvalue weighted by Gasteiger charge is 2.23. The predicted octanol–water partition coefficient (Wildman–Crippen LogP) is 14.6. The molecule has 0 aromatic carbocycles. The number of allylic oxidation sites excluding steroid dienone is 11. The number of carbonyl (C=O) groups is 2. The third kappa shape index (κ3) is 41.8. The minimum atomic E-state index is -0.821. The van der Waals surface area contributed by atoms with Gasteiger partial charge in [0.15, 0.2) is 0 Å². The fraction of sp³-hybridized carbons (Fsp3) is 0.736. The van der Waals surface area contributed by atoms with Gasteiger partial charge in [0.25, 0.3) is 0 Å². The highest BCUT2D eigenvalue weighted by atomic mass is 16.5. The Labute approximate surface area is 364 Å². The summed E-state index contributed by atoms with van der Waals surface area (Å²) in [6.45, 7) is 6.27. The number of aliphatic hydroxyl groups excluding tert-OH is 2. The fourth-order valence-electron chi connectivity index (χ4n) is 7.15. The summed E-state index contributed by atoms with van der Waals surface area (Å²) in [5.74, 6) is -0.621. The normalized spacial score (nSPS) is 13.9. The van der Waals surface area contributed by atoms with Crippen molar-refractivity contribution in [2.24, 2.45) is 0 Å². The Morgan fingerprint density at radius 3 is 1.46 bits per heavy atom. The van der Waals surface area contributed by atoms with Gasteiger partial charge < -0.3 is 20.3 Å². The molecule has 59 heavy (non-hydrogen) atoms. The van der Waals surface area contributed by atoms with Gasteiger partial charge in [0.1, 0.15) is 6.10 Å². The first-order valence-corrected chi connectivity index (χ1v) is 24.7. The van der Waals surface area contributed by atoms with E-state index in [-0.39, 0.29) is 24.9 Å². The van der Waals surface area contributed by atoms with Gasteiger partial charge in [-0.1, -0.05) is 235 Å². The molecule has 3 N–H and O–H groups in total. The quantitative estimate of drug-likeness (QED) is 0.0246. The summed E-state index contributed by atoms with van der Waals surface area (Å²) >= 11 is 0. The van der Waals surface area contributed by atoms with Gasteiger partial charge in [0.2, 0.25) is 5.91 Å². The van der Waals surface area contributed by atoms with Crippen LogP contribution in [0.3, 0.4) is 0 Å². The zero-order chi connectivity index (χ0) is 43.1. The Bertz CT molecular complexity index is 1110. The van der Waals surface area contributed by atoms with Gasteiger partial charge in [-0.15, -0.1) is 0 Å². The van der Waals surface area contributed by atoms with E-state index in [0.717, 1.165) is 57.8 Å². The number of hydrogen-bond donors (Lipinski definition) is 3. The summed E-state index contributed by atoms with van der Waals surface area (Å²) < 4.78 is 5.82. The molecule has 0 saturated heterocycles. The Morgan fingerprint density at radius 1 is 0.525 bits per heavy atom. The van der Waals surface area contributed by atoms with Crippen molar-refractivity contribution in [2.45, 2.75) is 244 Å². The van der Waals surface area contributed by atoms with E-state index in [1.54, 1.807) is 0 Å². The average Bonchev–Trinajstić information content (AvgIpc) is 3.23. The van der Waals surface area contributed by atoms with Crippen LogP contribution in [0.15, 0.2) is 72.9 Å². The molecule has 0 aliphatic heterocycles. The molecule has 0 aliphatic rings. The van der Waals surface area contributed by atoms with Gasteiger partial charge in [-0.05, 0) is 44.9 Å². The van der Waals surface area contributed by atoms with Gasteiger partial charge in [-0.2, -0.15) is 0 Å². The number of nitrogens with one attached hydrogen (secondary N) is 1. The lowest BCUT2D eigenvalue weighted by atomic mass is 10.0. The third-order valence-corrected chi connectivity index (χ3v) is 10.9. The molecule has 0 radical (unpaired) electrons. The lowest BCUT2D eigenvalue weighted by molar-refractivity contribution is -0.150. The summed E-state index contributed by atoms with van der Waals surface area (Å²) in [7, 11) is 0. The van der Waals surface area contributed by atoms with Gasteiger partial charge in [0, 0.05) is 12.8 Å². The van der Waals surface area contributed by atoms with Crippen LogP contribution in [-0.4, -0.2) is 46.9 Å². The molecule has 0 saturated carbocycles. The van der Waals surface area contributed by atoms with E-state index in [9.17, 15) is 19.8 Å². The zero-order valence-corrected chi connectivity index (χ0v) is 38.6. The minimum Gasteiger partial charge on any atom is -0.461 e. The monoisotopic (exact) mass is 824 g/mol. The molecule has 3 unspecified atom stereocenters. The number of hydrogen-bond acceptors (Lipinski definition) is 5. The zero-order valence-electron chi connectivity index (χ0n) is 38.6. The minimum absolute atomic E-state index is 0.0237. The van der Waals surface area contributed by atoms with Crippen molar-refractivity contribution < 1.29 is 24.5 Å². The maximum absolute atomic E-state index is 13.1. The molecule has 1 amide bonds. The molecule has 0 aliphatic carbocycles. The van der Waals surface area contributed by atoms with Crippen molar-refractivity contribution >= 4 is 11.9 Å². The lowest BCUT2D eigenvalue weighted by Gasteiger charge is -2.24. The molecule has 0 aromatic heterocycles. The maximum atomic E-state index is 13.1. The van der Waals surface area contributed by atoms with Gasteiger partial charge in [-0.3, -0.25) is 9.59 Å². The smallest absolute Gasteiger partial charge is 0.306 e. The first-order valence-electron chi connectivity index (χ1n) is 24.7. The van der Waals surface area contributed by atoms with Crippen molar-refractivity contribution in [1.82, 2.24) is 5.32 Å². The Morgan fingerprint density at radius 2 is 0.949 bits per heavy atom. The molecule has 6 nitrogen and oxygen atoms in total. The van der Waals surface area contributed by atoms with Gasteiger partial charge >= 0.3 is 5.97 Å². The highest BCUT2D eigenvalue weighted by molar-refractivity contribution is 5.77. The molecule has 0 heterocycles. The molecule has 0 spiro atoms. The second kappa shape index (κ2) is 46.4. The number of rotatable bonds is 43. The van der Waals surface area contributed by atoms with E-state index in [4.69, 9.17) is 4.74 Å². The predicted molar refractivity (Wildman–Crippen MR) is 255 cm³/mol. The van der Waals surface area contributed by atoms with Crippen LogP contribution in [0.25, 0.3) is 0 Å². The van der Waals surface area contributed by atoms with Crippen molar-refractivity contribution in [3.05, 3.63) is 72.9 Å². The summed E-state index contributed by atoms with van der Waals surface area (Å²) in [6.07, 6.45) is 58.5. The SMILES string of the molecule is CC/C=C/C=C/C=C\C=C/C=C/CC(CC(=O)NC(CO)C(O)CCCCCCCCCCCCCCCCCCC)OC(=O)CCCCCCC/C=C\CCCCC. The molecule has 6 heteroatoms. The first-order chi connectivity index (χ1) is 29.0. The fourth-order valence-corrected chi connectivity index (χ4v) is 7.15. The third-order valence-electron chi connectivity index (χ3n) is 10.9. The van der Waals surface area contributed by atoms with Crippen LogP contribution < -0.4 is 5.32 Å². The summed E-state index contributed by atoms with van der Waals surface area (Å²) in [5.41, 5.74) is 0. The topological polar surface area (TPSA) is 95.9 Å². The lowest BCUT2D eigenvalue weighted by Crippen LogP contribution is -2.46. The molecule has 0 bridgehead atoms. The summed E-state index contributed by atoms with van der Waals surface area (Å²) in [4.78, 5) is 26.0. The van der Waals surface area contributed by atoms with E-state index in [1.807, 2.05) is 54.7 Å². The van der Waals surface area contributed by atoms with Crippen LogP contribution in [0, 0.1) is 0 Å². The number of amides is 1. The molecular formula is C53H93NO5. The highest BCUT2D eigenvalue weighted by Crippen LogP contribution is 2.16. The standard InChI is InChI=1S/C53H93NO5/c1-4-7-10-13-16-19-22-24-25-26-27-28-30-33-36-39-42-45-51(56)50(48-55)54-52(57)47-49(44-41-38-35-32-29-21-18-15-12-9-6-3)59-53(58)46-43-40-37-34-31-23-20-17-14-11-8-5-2/h9,12,15,17-18,20-21,29,32,35,38,41,49-51,55-56H,4-8,10-11,13-14,16,19,22-28,30-31,33-34,36-37,39-40,42-48H2,1-3H3,(H,54,57)/b12-9+,18-15+,20-17-,29-21-,35-32-,41-38+. The van der Waals surface area contributed by atoms with E-state index >= 15 is 0 Å². The molecule has 0 fully saturated rings. The molecular weight excluding hydrogens is 731 g/mol. The van der Waals surface area contributed by atoms with Crippen LogP contribution >= 0.6 is 0 Å². The van der Waals surface area contributed by atoms with E-state index in [2.05, 4.69) is 44.3 Å². The van der Waals surface area contributed by atoms with E-state index in [0.29, 0.717) is 19.3 Å². The van der Waals surface area contributed by atoms with Crippen molar-refractivity contribution in [2.75, 3.05) is 6.61 Å². The Hall–Kier alpha value is -2.70. The van der Waals surface area contributed by atoms with E-state index in [1.165, 1.54) is 122 Å². The Balaban J connectivity index is 4.60. The first kappa shape index (κ1) is 56.3. The maximum Gasteiger partial charge on any atom is 0.306 e. The van der Waals surface area contributed by atoms with Crippen LogP contribution in [0.4, 0.5) is 0 Å². The second-order valence-corrected chi connectivity index (χ2v) is 16.6. The molecule has 3 atom stereocenters. The van der Waals surface area contributed by atoms with Crippen LogP contribution in [0.1, 0.15) is 226 Å². The van der Waals surface area contributed by atoms with Crippen molar-refractivity contribution in [3.63, 3.8) is 0 Å². The van der Waals surface area contributed by atoms with Crippen molar-refractivity contribution in [1.29, 1.82) is 0 Å². The van der Waals surface area contributed by atoms with Gasteiger partial charge in [0.05, 0.1) is 25.2 Å². The number of unbranched alkanes of at least 4 members (excludes halogenated alkanes) is 24. The average molecular weight is 824 g/mol. The van der Waals surface area contributed by atoms with Crippen LogP contribution in [0.5, 0.6) is 0 Å². The Kier molecular flexibility index (Phi) is 44.2. The summed E-state index contributed by atoms with van der Waals surface area (Å²) in [5, 5.41) is 23.7. The number of esters is 1. The molecule has 340 valence electrons. The number of ether oxygens (including phenoxy) is 1. The summed E-state index contributed by atoms with van der Waals surface area (Å²) in [6, 6.07) is -0.742. The van der Waals surface area contributed by atoms with E-state index < -0.39 is 18.2 Å². The van der Waals surface area contributed by atoms with Crippen molar-refractivity contribution in [3.8, 4) is 0 Å². The van der Waals surface area contributed by atoms with Gasteiger partial charge in [-0.25, -0.2) is 0 Å².